The SMILES string of the molecule is c1ccc(N(c2ccccc2)c2cccc3c2C24c5c(cccc5N(c5ccc(C6CCCCC6)cc5)c5ccc6c(c5)[nH]c5ccccc56)CC2CCC4C3)cc1. The van der Waals surface area contributed by atoms with Crippen LogP contribution < -0.4 is 9.80 Å². The lowest BCUT2D eigenvalue weighted by atomic mass is 9.68. The van der Waals surface area contributed by atoms with Crippen molar-refractivity contribution in [3.63, 3.8) is 0 Å². The maximum atomic E-state index is 3.79. The van der Waals surface area contributed by atoms with E-state index < -0.39 is 0 Å². The minimum atomic E-state index is -0.0921. The molecular weight excluding hydrogens is 703 g/mol. The van der Waals surface area contributed by atoms with Gasteiger partial charge in [-0.3, -0.25) is 0 Å². The molecule has 284 valence electrons. The van der Waals surface area contributed by atoms with Crippen LogP contribution in [0.3, 0.4) is 0 Å². The van der Waals surface area contributed by atoms with Crippen molar-refractivity contribution < 1.29 is 0 Å². The summed E-state index contributed by atoms with van der Waals surface area (Å²) in [6, 6.07) is 62.1. The summed E-state index contributed by atoms with van der Waals surface area (Å²) in [7, 11) is 0. The number of aromatic amines is 1. The minimum absolute atomic E-state index is 0.0921. The van der Waals surface area contributed by atoms with E-state index in [9.17, 15) is 0 Å². The van der Waals surface area contributed by atoms with E-state index in [4.69, 9.17) is 0 Å². The predicted molar refractivity (Wildman–Crippen MR) is 242 cm³/mol. The van der Waals surface area contributed by atoms with E-state index in [0.29, 0.717) is 17.8 Å². The second-order valence-corrected chi connectivity index (χ2v) is 17.5. The molecule has 1 heterocycles. The highest BCUT2D eigenvalue weighted by Crippen LogP contribution is 2.68. The van der Waals surface area contributed by atoms with Crippen molar-refractivity contribution in [2.75, 3.05) is 9.80 Å². The summed E-state index contributed by atoms with van der Waals surface area (Å²) in [6.45, 7) is 0. The second-order valence-electron chi connectivity index (χ2n) is 17.5. The molecular formula is C55H49N3. The Kier molecular flexibility index (Phi) is 7.93. The summed E-state index contributed by atoms with van der Waals surface area (Å²) >= 11 is 0. The summed E-state index contributed by atoms with van der Waals surface area (Å²) in [4.78, 5) is 8.94. The average Bonchev–Trinajstić information content (AvgIpc) is 4.02. The molecule has 3 heteroatoms. The summed E-state index contributed by atoms with van der Waals surface area (Å²) < 4.78 is 0. The lowest BCUT2D eigenvalue weighted by molar-refractivity contribution is 0.350. The van der Waals surface area contributed by atoms with Gasteiger partial charge in [0, 0.05) is 50.0 Å². The van der Waals surface area contributed by atoms with Crippen LogP contribution in [0.4, 0.5) is 34.1 Å². The highest BCUT2D eigenvalue weighted by molar-refractivity contribution is 6.08. The number of rotatable bonds is 7. The van der Waals surface area contributed by atoms with Crippen LogP contribution in [0.5, 0.6) is 0 Å². The van der Waals surface area contributed by atoms with Crippen LogP contribution >= 0.6 is 0 Å². The molecule has 1 spiro atoms. The van der Waals surface area contributed by atoms with Crippen molar-refractivity contribution in [3.05, 3.63) is 192 Å². The number of nitrogens with zero attached hydrogens (tertiary/aromatic N) is 2. The van der Waals surface area contributed by atoms with Gasteiger partial charge in [-0.1, -0.05) is 116 Å². The van der Waals surface area contributed by atoms with Gasteiger partial charge in [0.1, 0.15) is 0 Å². The van der Waals surface area contributed by atoms with E-state index in [-0.39, 0.29) is 5.41 Å². The zero-order valence-corrected chi connectivity index (χ0v) is 33.1. The fourth-order valence-electron chi connectivity index (χ4n) is 12.4. The van der Waals surface area contributed by atoms with Gasteiger partial charge in [-0.15, -0.1) is 0 Å². The van der Waals surface area contributed by atoms with E-state index in [1.54, 1.807) is 11.1 Å². The first-order valence-corrected chi connectivity index (χ1v) is 21.8. The van der Waals surface area contributed by atoms with Gasteiger partial charge < -0.3 is 14.8 Å². The van der Waals surface area contributed by atoms with Crippen molar-refractivity contribution in [1.82, 2.24) is 4.98 Å². The third kappa shape index (κ3) is 5.11. The Morgan fingerprint density at radius 1 is 0.431 bits per heavy atom. The molecule has 1 aromatic heterocycles. The highest BCUT2D eigenvalue weighted by atomic mass is 15.2. The fourth-order valence-corrected chi connectivity index (χ4v) is 12.4. The van der Waals surface area contributed by atoms with Crippen molar-refractivity contribution in [2.45, 2.75) is 69.1 Å². The first kappa shape index (κ1) is 34.0. The van der Waals surface area contributed by atoms with E-state index in [1.165, 1.54) is 118 Å². The van der Waals surface area contributed by atoms with Crippen LogP contribution in [0.15, 0.2) is 164 Å². The first-order chi connectivity index (χ1) is 28.8. The largest absolute Gasteiger partial charge is 0.354 e. The van der Waals surface area contributed by atoms with Crippen molar-refractivity contribution >= 4 is 55.9 Å². The number of hydrogen-bond donors (Lipinski definition) is 1. The van der Waals surface area contributed by atoms with Crippen LogP contribution in [0.2, 0.25) is 0 Å². The molecule has 58 heavy (non-hydrogen) atoms. The van der Waals surface area contributed by atoms with Crippen molar-refractivity contribution in [3.8, 4) is 0 Å². The topological polar surface area (TPSA) is 22.3 Å². The number of benzene rings is 7. The van der Waals surface area contributed by atoms with E-state index in [1.807, 2.05) is 0 Å². The fraction of sp³-hybridized carbons (Fsp3) is 0.236. The van der Waals surface area contributed by atoms with Crippen LogP contribution in [-0.2, 0) is 18.3 Å². The number of hydrogen-bond acceptors (Lipinski definition) is 2. The summed E-state index contributed by atoms with van der Waals surface area (Å²) in [5.41, 5.74) is 17.4. The smallest absolute Gasteiger partial charge is 0.0505 e. The van der Waals surface area contributed by atoms with E-state index in [2.05, 4.69) is 179 Å². The number of nitrogens with one attached hydrogen (secondary N) is 1. The molecule has 0 aliphatic heterocycles. The predicted octanol–water partition coefficient (Wildman–Crippen LogP) is 14.7. The van der Waals surface area contributed by atoms with Gasteiger partial charge in [-0.2, -0.15) is 0 Å². The zero-order chi connectivity index (χ0) is 38.2. The highest BCUT2D eigenvalue weighted by Gasteiger charge is 2.62. The number of para-hydroxylation sites is 3. The molecule has 7 aromatic carbocycles. The number of aromatic nitrogens is 1. The molecule has 1 N–H and O–H groups in total. The van der Waals surface area contributed by atoms with Gasteiger partial charge in [-0.25, -0.2) is 0 Å². The molecule has 8 aromatic rings. The lowest BCUT2D eigenvalue weighted by Crippen LogP contribution is -2.34. The Hall–Kier alpha value is -6.06. The standard InChI is InChI=1S/C55H49N3/c1-4-14-37(15-5-1)38-26-30-45(31-27-38)58(46-32-33-48-47-22-10-11-23-49(47)56-50(48)36-46)52-25-13-17-40-35-42-29-28-41-34-39-16-12-24-51(53(39)55(41,42)54(40)52)57(43-18-6-2-7-19-43)44-20-8-3-9-21-44/h2-3,6-13,16-27,30-33,36-37,41-42,56H,1,4-5,14-15,28-29,34-35H2. The van der Waals surface area contributed by atoms with Gasteiger partial charge in [0.15, 0.2) is 0 Å². The minimum Gasteiger partial charge on any atom is -0.354 e. The molecule has 4 aliphatic rings. The quantitative estimate of drug-likeness (QED) is 0.175. The van der Waals surface area contributed by atoms with Gasteiger partial charge in [0.05, 0.1) is 11.4 Å². The number of fused-ring (bicyclic) bond motifs is 5. The number of anilines is 6. The molecule has 2 saturated carbocycles. The van der Waals surface area contributed by atoms with Crippen molar-refractivity contribution in [2.24, 2.45) is 11.8 Å². The van der Waals surface area contributed by atoms with Crippen LogP contribution in [-0.4, -0.2) is 4.98 Å². The molecule has 3 atom stereocenters. The number of H-pyrrole nitrogens is 1. The summed E-state index contributed by atoms with van der Waals surface area (Å²) in [5.74, 6) is 1.77. The van der Waals surface area contributed by atoms with Gasteiger partial charge >= 0.3 is 0 Å². The molecule has 12 rings (SSSR count). The normalized spacial score (nSPS) is 20.8. The Morgan fingerprint density at radius 2 is 0.966 bits per heavy atom. The molecule has 0 bridgehead atoms. The Bertz CT molecular complexity index is 2750. The monoisotopic (exact) mass is 751 g/mol. The Labute approximate surface area is 342 Å². The van der Waals surface area contributed by atoms with Crippen LogP contribution in [0.25, 0.3) is 21.8 Å². The zero-order valence-electron chi connectivity index (χ0n) is 33.1. The maximum absolute atomic E-state index is 3.79. The second kappa shape index (κ2) is 13.5. The van der Waals surface area contributed by atoms with Crippen molar-refractivity contribution in [1.29, 1.82) is 0 Å². The molecule has 0 amide bonds. The van der Waals surface area contributed by atoms with Gasteiger partial charge in [-0.05, 0) is 151 Å². The molecule has 3 unspecified atom stereocenters. The van der Waals surface area contributed by atoms with Crippen LogP contribution in [0, 0.1) is 11.8 Å². The van der Waals surface area contributed by atoms with E-state index >= 15 is 0 Å². The summed E-state index contributed by atoms with van der Waals surface area (Å²) in [5, 5.41) is 2.55. The molecule has 2 fully saturated rings. The summed E-state index contributed by atoms with van der Waals surface area (Å²) in [6.07, 6.45) is 11.5. The van der Waals surface area contributed by atoms with Gasteiger partial charge in [0.25, 0.3) is 0 Å². The first-order valence-electron chi connectivity index (χ1n) is 21.8. The molecule has 4 aliphatic carbocycles. The van der Waals surface area contributed by atoms with Gasteiger partial charge in [0.2, 0.25) is 0 Å². The maximum Gasteiger partial charge on any atom is 0.0505 e. The molecule has 0 saturated heterocycles. The molecule has 3 nitrogen and oxygen atoms in total. The third-order valence-corrected chi connectivity index (χ3v) is 14.7. The van der Waals surface area contributed by atoms with Crippen LogP contribution in [0.1, 0.15) is 78.7 Å². The Morgan fingerprint density at radius 3 is 1.60 bits per heavy atom. The molecule has 0 radical (unpaired) electrons. The lowest BCUT2D eigenvalue weighted by Gasteiger charge is -2.40. The third-order valence-electron chi connectivity index (χ3n) is 14.7. The average molecular weight is 752 g/mol. The Balaban J connectivity index is 1.09. The van der Waals surface area contributed by atoms with E-state index in [0.717, 1.165) is 12.8 Å².